The summed E-state index contributed by atoms with van der Waals surface area (Å²) in [6.45, 7) is 4.56. The number of nitrogens with one attached hydrogen (secondary N) is 1. The van der Waals surface area contributed by atoms with Crippen LogP contribution in [-0.2, 0) is 6.42 Å². The van der Waals surface area contributed by atoms with E-state index in [4.69, 9.17) is 4.52 Å². The molecule has 0 aliphatic heterocycles. The molecule has 1 aliphatic carbocycles. The van der Waals surface area contributed by atoms with Crippen molar-refractivity contribution in [3.8, 4) is 17.2 Å². The zero-order valence-electron chi connectivity index (χ0n) is 14.9. The molecule has 0 saturated carbocycles. The minimum absolute atomic E-state index is 0.336. The highest BCUT2D eigenvalue weighted by Crippen LogP contribution is 2.40. The molecule has 3 unspecified atom stereocenters. The average Bonchev–Trinajstić information content (AvgIpc) is 2.67. The Kier molecular flexibility index (Phi) is 4.22. The van der Waals surface area contributed by atoms with Gasteiger partial charge in [0.15, 0.2) is 5.76 Å². The van der Waals surface area contributed by atoms with Crippen LogP contribution in [0.3, 0.4) is 0 Å². The summed E-state index contributed by atoms with van der Waals surface area (Å²) in [7, 11) is 0. The van der Waals surface area contributed by atoms with Crippen molar-refractivity contribution in [1.29, 1.82) is 5.26 Å². The van der Waals surface area contributed by atoms with Crippen LogP contribution in [0.5, 0.6) is 0 Å². The van der Waals surface area contributed by atoms with Crippen LogP contribution in [0.1, 0.15) is 42.5 Å². The Morgan fingerprint density at radius 2 is 2.08 bits per heavy atom. The van der Waals surface area contributed by atoms with Crippen LogP contribution in [0, 0.1) is 23.2 Å². The lowest BCUT2D eigenvalue weighted by Gasteiger charge is -2.34. The van der Waals surface area contributed by atoms with Crippen LogP contribution in [0.25, 0.3) is 17.2 Å². The first-order valence-electron chi connectivity index (χ1n) is 8.97. The maximum absolute atomic E-state index is 9.26. The molecule has 0 spiro atoms. The van der Waals surface area contributed by atoms with Gasteiger partial charge in [-0.15, -0.1) is 0 Å². The van der Waals surface area contributed by atoms with Gasteiger partial charge in [-0.3, -0.25) is 4.98 Å². The van der Waals surface area contributed by atoms with Crippen molar-refractivity contribution in [2.75, 3.05) is 0 Å². The predicted octanol–water partition coefficient (Wildman–Crippen LogP) is 5.17. The fraction of sp³-hybridized carbons (Fsp3) is 0.273. The van der Waals surface area contributed by atoms with Gasteiger partial charge in [0.25, 0.3) is 0 Å². The zero-order valence-corrected chi connectivity index (χ0v) is 14.9. The predicted molar refractivity (Wildman–Crippen MR) is 101 cm³/mol. The van der Waals surface area contributed by atoms with Gasteiger partial charge in [-0.25, -0.2) is 5.16 Å². The van der Waals surface area contributed by atoms with Gasteiger partial charge in [0.2, 0.25) is 0 Å². The largest absolute Gasteiger partial charge is 0.385 e. The number of H-pyrrole nitrogens is 1. The Morgan fingerprint density at radius 3 is 2.77 bits per heavy atom. The maximum Gasteiger partial charge on any atom is 0.155 e. The van der Waals surface area contributed by atoms with Gasteiger partial charge >= 0.3 is 0 Å². The third-order valence-electron chi connectivity index (χ3n) is 5.51. The summed E-state index contributed by atoms with van der Waals surface area (Å²) < 4.78 is 5.38. The summed E-state index contributed by atoms with van der Waals surface area (Å²) in [4.78, 5) is 4.56. The number of benzene rings is 1. The fourth-order valence-electron chi connectivity index (χ4n) is 3.65. The van der Waals surface area contributed by atoms with E-state index in [1.165, 1.54) is 5.69 Å². The highest BCUT2D eigenvalue weighted by atomic mass is 16.5. The number of nitriles is 1. The van der Waals surface area contributed by atoms with Gasteiger partial charge in [-0.1, -0.05) is 44.2 Å². The normalized spacial score (nSPS) is 22.3. The fourth-order valence-corrected chi connectivity index (χ4v) is 3.65. The Hall–Kier alpha value is -3.06. The molecule has 3 atom stereocenters. The van der Waals surface area contributed by atoms with Crippen molar-refractivity contribution >= 4 is 6.08 Å². The number of pyridine rings is 1. The minimum atomic E-state index is 0.336. The first kappa shape index (κ1) is 16.4. The standard InChI is InChI=1S/C22H21N3O/c1-14-11-21-22(25-26-21)19(15(14)2)10-9-18-8-7-17(13-24-18)20-6-4-3-5-16(20)12-23/h3-10,13-15,19,25H,11H2,1-2H3/b10-9+. The number of hydrogen-bond donors (Lipinski definition) is 1. The molecule has 1 N–H and O–H groups in total. The van der Waals surface area contributed by atoms with E-state index in [0.29, 0.717) is 23.3 Å². The molecule has 4 rings (SSSR count). The SMILES string of the molecule is CC1Cc2o[nH]c2C(/C=C/c2ccc(-c3ccccc3C#N)cn2)C1C. The molecule has 0 saturated heterocycles. The number of aromatic nitrogens is 2. The first-order valence-corrected chi connectivity index (χ1v) is 8.97. The second-order valence-corrected chi connectivity index (χ2v) is 7.10. The summed E-state index contributed by atoms with van der Waals surface area (Å²) in [5.74, 6) is 2.59. The molecule has 2 aromatic heterocycles. The van der Waals surface area contributed by atoms with E-state index in [1.807, 2.05) is 42.6 Å². The van der Waals surface area contributed by atoms with Crippen LogP contribution < -0.4 is 0 Å². The Morgan fingerprint density at radius 1 is 1.23 bits per heavy atom. The summed E-state index contributed by atoms with van der Waals surface area (Å²) in [5.41, 5.74) is 4.66. The van der Waals surface area contributed by atoms with Crippen molar-refractivity contribution < 1.29 is 4.52 Å². The van der Waals surface area contributed by atoms with E-state index in [0.717, 1.165) is 29.0 Å². The first-order chi connectivity index (χ1) is 12.7. The molecular weight excluding hydrogens is 322 g/mol. The number of nitrogens with zero attached hydrogens (tertiary/aromatic N) is 2. The summed E-state index contributed by atoms with van der Waals surface area (Å²) in [6.07, 6.45) is 7.14. The Bertz CT molecular complexity index is 971. The maximum atomic E-state index is 9.26. The van der Waals surface area contributed by atoms with Gasteiger partial charge < -0.3 is 4.52 Å². The van der Waals surface area contributed by atoms with Crippen LogP contribution in [0.15, 0.2) is 53.2 Å². The van der Waals surface area contributed by atoms with Crippen LogP contribution in [0.4, 0.5) is 0 Å². The molecule has 1 aliphatic rings. The van der Waals surface area contributed by atoms with Crippen molar-refractivity contribution in [2.45, 2.75) is 26.2 Å². The molecule has 130 valence electrons. The average molecular weight is 343 g/mol. The summed E-state index contributed by atoms with van der Waals surface area (Å²) in [6, 6.07) is 13.8. The molecule has 0 radical (unpaired) electrons. The van der Waals surface area contributed by atoms with Gasteiger partial charge in [0, 0.05) is 29.7 Å². The lowest BCUT2D eigenvalue weighted by Crippen LogP contribution is -2.28. The topological polar surface area (TPSA) is 65.6 Å². The van der Waals surface area contributed by atoms with Crippen molar-refractivity contribution in [1.82, 2.24) is 10.1 Å². The van der Waals surface area contributed by atoms with Gasteiger partial charge in [0.05, 0.1) is 23.0 Å². The molecule has 4 nitrogen and oxygen atoms in total. The van der Waals surface area contributed by atoms with Crippen LogP contribution in [0.2, 0.25) is 0 Å². The smallest absolute Gasteiger partial charge is 0.155 e. The molecule has 0 amide bonds. The third kappa shape index (κ3) is 2.86. The van der Waals surface area contributed by atoms with Gasteiger partial charge in [0.1, 0.15) is 0 Å². The van der Waals surface area contributed by atoms with Gasteiger partial charge in [-0.2, -0.15) is 5.26 Å². The third-order valence-corrected chi connectivity index (χ3v) is 5.51. The molecule has 0 bridgehead atoms. The van der Waals surface area contributed by atoms with E-state index in [9.17, 15) is 5.26 Å². The quantitative estimate of drug-likeness (QED) is 0.714. The van der Waals surface area contributed by atoms with Crippen molar-refractivity contribution in [3.05, 3.63) is 71.4 Å². The van der Waals surface area contributed by atoms with Crippen LogP contribution in [-0.4, -0.2) is 10.1 Å². The number of fused-ring (bicyclic) bond motifs is 1. The highest BCUT2D eigenvalue weighted by molar-refractivity contribution is 5.70. The van der Waals surface area contributed by atoms with E-state index >= 15 is 0 Å². The summed E-state index contributed by atoms with van der Waals surface area (Å²) in [5, 5.41) is 12.3. The monoisotopic (exact) mass is 343 g/mol. The molecule has 4 heteroatoms. The van der Waals surface area contributed by atoms with E-state index in [1.54, 1.807) is 0 Å². The summed E-state index contributed by atoms with van der Waals surface area (Å²) >= 11 is 0. The molecule has 1 aromatic carbocycles. The Balaban J connectivity index is 1.56. The number of aromatic amines is 1. The molecule has 2 heterocycles. The number of rotatable bonds is 3. The van der Waals surface area contributed by atoms with E-state index in [-0.39, 0.29) is 0 Å². The van der Waals surface area contributed by atoms with E-state index < -0.39 is 0 Å². The lowest BCUT2D eigenvalue weighted by molar-refractivity contribution is 0.202. The molecule has 3 aromatic rings. The molecule has 26 heavy (non-hydrogen) atoms. The number of hydrogen-bond acceptors (Lipinski definition) is 3. The van der Waals surface area contributed by atoms with Crippen molar-refractivity contribution in [2.24, 2.45) is 11.8 Å². The second kappa shape index (κ2) is 6.68. The van der Waals surface area contributed by atoms with Crippen LogP contribution >= 0.6 is 0 Å². The molecular formula is C22H21N3O. The van der Waals surface area contributed by atoms with Gasteiger partial charge in [-0.05, 0) is 30.0 Å². The van der Waals surface area contributed by atoms with E-state index in [2.05, 4.69) is 42.2 Å². The zero-order chi connectivity index (χ0) is 18.1. The minimum Gasteiger partial charge on any atom is -0.385 e. The molecule has 0 fully saturated rings. The Labute approximate surface area is 153 Å². The highest BCUT2D eigenvalue weighted by Gasteiger charge is 2.34. The number of allylic oxidation sites excluding steroid dienone is 1. The second-order valence-electron chi connectivity index (χ2n) is 7.10. The lowest BCUT2D eigenvalue weighted by atomic mass is 9.74. The van der Waals surface area contributed by atoms with Crippen molar-refractivity contribution in [3.63, 3.8) is 0 Å².